The van der Waals surface area contributed by atoms with Gasteiger partial charge >= 0.3 is 5.97 Å². The van der Waals surface area contributed by atoms with E-state index in [0.717, 1.165) is 16.3 Å². The van der Waals surface area contributed by atoms with E-state index < -0.39 is 48.7 Å². The molecule has 1 heterocycles. The summed E-state index contributed by atoms with van der Waals surface area (Å²) in [5.74, 6) is -3.13. The number of amides is 2. The number of nitrogens with zero attached hydrogens (tertiary/aromatic N) is 1. The van der Waals surface area contributed by atoms with Gasteiger partial charge in [0.1, 0.15) is 24.5 Å². The lowest BCUT2D eigenvalue weighted by molar-refractivity contribution is -0.140. The number of ether oxygens (including phenoxy) is 1. The summed E-state index contributed by atoms with van der Waals surface area (Å²) in [7, 11) is 0. The van der Waals surface area contributed by atoms with Gasteiger partial charge in [0, 0.05) is 17.5 Å². The van der Waals surface area contributed by atoms with E-state index >= 15 is 0 Å². The van der Waals surface area contributed by atoms with Gasteiger partial charge in [-0.3, -0.25) is 24.1 Å². The van der Waals surface area contributed by atoms with Crippen LogP contribution in [0.25, 0.3) is 10.8 Å². The predicted octanol–water partition coefficient (Wildman–Crippen LogP) is 2.67. The number of benzene rings is 3. The normalized spacial score (nSPS) is 15.3. The number of nitrogens with one attached hydrogen (secondary N) is 1. The number of halogens is 1. The van der Waals surface area contributed by atoms with Crippen LogP contribution >= 0.6 is 0 Å². The lowest BCUT2D eigenvalue weighted by Crippen LogP contribution is -2.53. The molecule has 0 fully saturated rings. The first kappa shape index (κ1) is 23.9. The van der Waals surface area contributed by atoms with Crippen LogP contribution in [0.4, 0.5) is 10.1 Å². The van der Waals surface area contributed by atoms with Gasteiger partial charge in [0.15, 0.2) is 12.4 Å². The van der Waals surface area contributed by atoms with Gasteiger partial charge in [0.2, 0.25) is 5.91 Å². The van der Waals surface area contributed by atoms with Crippen LogP contribution in [-0.2, 0) is 25.6 Å². The summed E-state index contributed by atoms with van der Waals surface area (Å²) in [6, 6.07) is 17.4. The van der Waals surface area contributed by atoms with E-state index in [0.29, 0.717) is 11.4 Å². The topological polar surface area (TPSA) is 113 Å². The SMILES string of the molecule is O=C(O)CC(NC(=O)C1Cc2ccccc2N1C(=O)COc1cccc2ccccc12)C(=O)CF. The molecule has 9 heteroatoms. The van der Waals surface area contributed by atoms with Gasteiger partial charge in [0.25, 0.3) is 5.91 Å². The molecule has 3 aromatic carbocycles. The van der Waals surface area contributed by atoms with Crippen molar-refractivity contribution in [3.05, 3.63) is 72.3 Å². The summed E-state index contributed by atoms with van der Waals surface area (Å²) in [4.78, 5) is 50.6. The number of carboxylic acids is 1. The van der Waals surface area contributed by atoms with Gasteiger partial charge in [-0.1, -0.05) is 54.6 Å². The number of aliphatic carboxylic acids is 1. The molecule has 2 N–H and O–H groups in total. The van der Waals surface area contributed by atoms with Crippen molar-refractivity contribution in [3.63, 3.8) is 0 Å². The highest BCUT2D eigenvalue weighted by molar-refractivity contribution is 6.05. The second kappa shape index (κ2) is 10.3. The van der Waals surface area contributed by atoms with Crippen LogP contribution in [0.2, 0.25) is 0 Å². The Morgan fingerprint density at radius 1 is 1.03 bits per heavy atom. The third-order valence-corrected chi connectivity index (χ3v) is 5.86. The van der Waals surface area contributed by atoms with E-state index in [2.05, 4.69) is 5.32 Å². The summed E-state index contributed by atoms with van der Waals surface area (Å²) in [6.07, 6.45) is -0.599. The van der Waals surface area contributed by atoms with Crippen LogP contribution in [0.3, 0.4) is 0 Å². The van der Waals surface area contributed by atoms with Crippen molar-refractivity contribution in [3.8, 4) is 5.75 Å². The van der Waals surface area contributed by atoms with Gasteiger partial charge in [-0.2, -0.15) is 0 Å². The lowest BCUT2D eigenvalue weighted by atomic mass is 10.1. The number of fused-ring (bicyclic) bond motifs is 2. The number of carbonyl (C=O) groups is 4. The lowest BCUT2D eigenvalue weighted by Gasteiger charge is -2.26. The number of Topliss-reactive ketones (excluding diaryl/α,β-unsaturated/α-hetero) is 1. The Morgan fingerprint density at radius 3 is 2.51 bits per heavy atom. The Labute approximate surface area is 200 Å². The molecule has 2 unspecified atom stereocenters. The molecule has 2 amide bonds. The number of alkyl halides is 1. The number of hydrogen-bond donors (Lipinski definition) is 2. The van der Waals surface area contributed by atoms with Crippen LogP contribution in [0.5, 0.6) is 5.75 Å². The van der Waals surface area contributed by atoms with Crippen molar-refractivity contribution in [1.29, 1.82) is 0 Å². The van der Waals surface area contributed by atoms with Crippen LogP contribution in [0.1, 0.15) is 12.0 Å². The molecule has 0 saturated heterocycles. The number of ketones is 1. The quantitative estimate of drug-likeness (QED) is 0.489. The average molecular weight is 478 g/mol. The second-order valence-electron chi connectivity index (χ2n) is 8.14. The Kier molecular flexibility index (Phi) is 7.05. The highest BCUT2D eigenvalue weighted by Gasteiger charge is 2.39. The Hall–Kier alpha value is -4.27. The minimum Gasteiger partial charge on any atom is -0.483 e. The fraction of sp³-hybridized carbons (Fsp3) is 0.231. The molecule has 3 aromatic rings. The van der Waals surface area contributed by atoms with Crippen LogP contribution in [0, 0.1) is 0 Å². The summed E-state index contributed by atoms with van der Waals surface area (Å²) in [5, 5.41) is 13.1. The fourth-order valence-electron chi connectivity index (χ4n) is 4.22. The summed E-state index contributed by atoms with van der Waals surface area (Å²) in [5.41, 5.74) is 1.25. The number of para-hydroxylation sites is 1. The third-order valence-electron chi connectivity index (χ3n) is 5.86. The van der Waals surface area contributed by atoms with Crippen LogP contribution in [-0.4, -0.2) is 54.0 Å². The molecule has 0 bridgehead atoms. The number of anilines is 1. The summed E-state index contributed by atoms with van der Waals surface area (Å²) >= 11 is 0. The highest BCUT2D eigenvalue weighted by Crippen LogP contribution is 2.33. The number of carbonyl (C=O) groups excluding carboxylic acids is 3. The zero-order valence-electron chi connectivity index (χ0n) is 18.6. The Morgan fingerprint density at radius 2 is 1.74 bits per heavy atom. The van der Waals surface area contributed by atoms with Gasteiger partial charge in [-0.15, -0.1) is 0 Å². The van der Waals surface area contributed by atoms with E-state index in [9.17, 15) is 23.6 Å². The number of carboxylic acid groups (broad SMARTS) is 1. The van der Waals surface area contributed by atoms with Gasteiger partial charge < -0.3 is 15.2 Å². The fourth-order valence-corrected chi connectivity index (χ4v) is 4.22. The Bertz CT molecular complexity index is 1290. The number of hydrogen-bond acceptors (Lipinski definition) is 5. The zero-order chi connectivity index (χ0) is 24.9. The van der Waals surface area contributed by atoms with E-state index in [1.807, 2.05) is 36.4 Å². The average Bonchev–Trinajstić information content (AvgIpc) is 3.26. The van der Waals surface area contributed by atoms with Crippen LogP contribution in [0.15, 0.2) is 66.7 Å². The third kappa shape index (κ3) is 5.13. The molecule has 8 nitrogen and oxygen atoms in total. The molecule has 0 aromatic heterocycles. The minimum absolute atomic E-state index is 0.158. The summed E-state index contributed by atoms with van der Waals surface area (Å²) < 4.78 is 18.8. The molecule has 0 radical (unpaired) electrons. The first-order valence-corrected chi connectivity index (χ1v) is 11.0. The van der Waals surface area contributed by atoms with Crippen molar-refractivity contribution in [2.24, 2.45) is 0 Å². The standard InChI is InChI=1S/C26H23FN2O6/c27-14-22(30)19(13-25(32)33)28-26(34)21-12-17-7-2-4-10-20(17)29(21)24(31)15-35-23-11-5-8-16-6-1-3-9-18(16)23/h1-11,19,21H,12-15H2,(H,28,34)(H,32,33). The van der Waals surface area contributed by atoms with Crippen molar-refractivity contribution < 1.29 is 33.4 Å². The molecular formula is C26H23FN2O6. The van der Waals surface area contributed by atoms with E-state index in [4.69, 9.17) is 9.84 Å². The van der Waals surface area contributed by atoms with E-state index in [1.165, 1.54) is 4.90 Å². The van der Waals surface area contributed by atoms with Crippen molar-refractivity contribution in [2.45, 2.75) is 24.9 Å². The van der Waals surface area contributed by atoms with Crippen molar-refractivity contribution >= 4 is 40.0 Å². The molecule has 1 aliphatic heterocycles. The monoisotopic (exact) mass is 478 g/mol. The molecule has 1 aliphatic rings. The van der Waals surface area contributed by atoms with Crippen molar-refractivity contribution in [2.75, 3.05) is 18.2 Å². The summed E-state index contributed by atoms with van der Waals surface area (Å²) in [6.45, 7) is -1.77. The largest absolute Gasteiger partial charge is 0.483 e. The maximum atomic E-state index is 13.3. The zero-order valence-corrected chi connectivity index (χ0v) is 18.6. The maximum Gasteiger partial charge on any atom is 0.305 e. The Balaban J connectivity index is 1.55. The first-order chi connectivity index (χ1) is 16.9. The molecule has 0 aliphatic carbocycles. The van der Waals surface area contributed by atoms with Crippen molar-refractivity contribution in [1.82, 2.24) is 5.32 Å². The molecule has 180 valence electrons. The minimum atomic E-state index is -1.53. The first-order valence-electron chi connectivity index (χ1n) is 11.0. The molecule has 2 atom stereocenters. The van der Waals surface area contributed by atoms with Gasteiger partial charge in [-0.25, -0.2) is 4.39 Å². The van der Waals surface area contributed by atoms with Crippen LogP contribution < -0.4 is 15.0 Å². The van der Waals surface area contributed by atoms with E-state index in [-0.39, 0.29) is 13.0 Å². The molecule has 0 spiro atoms. The smallest absolute Gasteiger partial charge is 0.305 e. The number of rotatable bonds is 9. The van der Waals surface area contributed by atoms with Gasteiger partial charge in [0.05, 0.1) is 6.42 Å². The second-order valence-corrected chi connectivity index (χ2v) is 8.14. The van der Waals surface area contributed by atoms with Gasteiger partial charge in [-0.05, 0) is 23.1 Å². The molecule has 0 saturated carbocycles. The van der Waals surface area contributed by atoms with E-state index in [1.54, 1.807) is 30.3 Å². The molecular weight excluding hydrogens is 455 g/mol. The molecule has 4 rings (SSSR count). The molecule has 35 heavy (non-hydrogen) atoms. The predicted molar refractivity (Wildman–Crippen MR) is 126 cm³/mol. The maximum absolute atomic E-state index is 13.3. The highest BCUT2D eigenvalue weighted by atomic mass is 19.1.